The van der Waals surface area contributed by atoms with Crippen LogP contribution in [-0.2, 0) is 10.5 Å². The first kappa shape index (κ1) is 17.9. The van der Waals surface area contributed by atoms with Crippen molar-refractivity contribution in [3.63, 3.8) is 0 Å². The minimum Gasteiger partial charge on any atom is -0.354 e. The molecule has 2 aromatic rings. The van der Waals surface area contributed by atoms with Crippen LogP contribution in [0.3, 0.4) is 0 Å². The summed E-state index contributed by atoms with van der Waals surface area (Å²) in [7, 11) is 0. The van der Waals surface area contributed by atoms with Crippen molar-refractivity contribution >= 4 is 34.9 Å². The fraction of sp³-hybridized carbons (Fsp3) is 0.389. The van der Waals surface area contributed by atoms with Crippen LogP contribution in [0.2, 0.25) is 0 Å². The van der Waals surface area contributed by atoms with E-state index >= 15 is 0 Å². The van der Waals surface area contributed by atoms with Crippen LogP contribution < -0.4 is 10.6 Å². The Kier molecular flexibility index (Phi) is 6.09. The molecule has 0 atom stereocenters. The summed E-state index contributed by atoms with van der Waals surface area (Å²) in [6.45, 7) is 2.91. The van der Waals surface area contributed by atoms with Gasteiger partial charge in [-0.15, -0.1) is 11.3 Å². The number of thiazole rings is 1. The lowest BCUT2D eigenvalue weighted by atomic mass is 10.1. The van der Waals surface area contributed by atoms with Crippen molar-refractivity contribution in [2.45, 2.75) is 29.9 Å². The molecule has 7 heteroatoms. The average molecular weight is 376 g/mol. The molecule has 1 aliphatic carbocycles. The molecular weight excluding hydrogens is 354 g/mol. The number of nitrogens with zero attached hydrogens (tertiary/aromatic N) is 1. The zero-order chi connectivity index (χ0) is 17.6. The van der Waals surface area contributed by atoms with Gasteiger partial charge in [0.15, 0.2) is 0 Å². The molecular formula is C18H21N3O2S2. The molecule has 5 nitrogen and oxygen atoms in total. The Balaban J connectivity index is 1.39. The van der Waals surface area contributed by atoms with Crippen LogP contribution in [0.25, 0.3) is 0 Å². The van der Waals surface area contributed by atoms with E-state index in [1.165, 1.54) is 0 Å². The molecule has 2 N–H and O–H groups in total. The van der Waals surface area contributed by atoms with Gasteiger partial charge in [-0.2, -0.15) is 0 Å². The lowest BCUT2D eigenvalue weighted by Crippen LogP contribution is -2.35. The highest BCUT2D eigenvalue weighted by Gasteiger charge is 2.28. The summed E-state index contributed by atoms with van der Waals surface area (Å²) in [6.07, 6.45) is 1.98. The van der Waals surface area contributed by atoms with Crippen molar-refractivity contribution in [3.8, 4) is 0 Å². The Bertz CT molecular complexity index is 739. The van der Waals surface area contributed by atoms with Crippen LogP contribution in [0.4, 0.5) is 0 Å². The number of aryl methyl sites for hydroxylation is 1. The molecule has 25 heavy (non-hydrogen) atoms. The van der Waals surface area contributed by atoms with Crippen molar-refractivity contribution in [3.05, 3.63) is 46.5 Å². The summed E-state index contributed by atoms with van der Waals surface area (Å²) in [5.74, 6) is 1.03. The van der Waals surface area contributed by atoms with Gasteiger partial charge in [0.2, 0.25) is 5.91 Å². The van der Waals surface area contributed by atoms with E-state index in [-0.39, 0.29) is 17.7 Å². The van der Waals surface area contributed by atoms with Crippen LogP contribution >= 0.6 is 23.1 Å². The standard InChI is InChI=1S/C18H21N3O2S2/c1-12-10-24-18(21-12)25-11-13-2-4-14(5-3-13)16(22)19-8-9-20-17(23)15-6-7-15/h2-5,10,15H,6-9,11H2,1H3,(H,19,22)(H,20,23). The topological polar surface area (TPSA) is 71.1 Å². The van der Waals surface area contributed by atoms with Gasteiger partial charge in [-0.3, -0.25) is 9.59 Å². The molecule has 3 rings (SSSR count). The van der Waals surface area contributed by atoms with Crippen LogP contribution in [-0.4, -0.2) is 29.9 Å². The maximum atomic E-state index is 12.1. The third-order valence-electron chi connectivity index (χ3n) is 3.83. The summed E-state index contributed by atoms with van der Waals surface area (Å²) >= 11 is 3.36. The average Bonchev–Trinajstić information content (AvgIpc) is 3.39. The van der Waals surface area contributed by atoms with Gasteiger partial charge in [0.1, 0.15) is 4.34 Å². The molecule has 1 saturated carbocycles. The molecule has 1 fully saturated rings. The van der Waals surface area contributed by atoms with Crippen LogP contribution in [0.5, 0.6) is 0 Å². The first-order valence-corrected chi connectivity index (χ1v) is 10.2. The molecule has 1 aromatic heterocycles. The third kappa shape index (κ3) is 5.57. The van der Waals surface area contributed by atoms with Crippen LogP contribution in [0, 0.1) is 12.8 Å². The summed E-state index contributed by atoms with van der Waals surface area (Å²) in [4.78, 5) is 28.0. The van der Waals surface area contributed by atoms with Gasteiger partial charge in [-0.1, -0.05) is 23.9 Å². The minimum atomic E-state index is -0.115. The van der Waals surface area contributed by atoms with Crippen molar-refractivity contribution in [2.75, 3.05) is 13.1 Å². The minimum absolute atomic E-state index is 0.103. The Morgan fingerprint density at radius 2 is 1.92 bits per heavy atom. The van der Waals surface area contributed by atoms with E-state index in [2.05, 4.69) is 15.6 Å². The van der Waals surface area contributed by atoms with E-state index in [1.807, 2.05) is 36.6 Å². The fourth-order valence-electron chi connectivity index (χ4n) is 2.25. The monoisotopic (exact) mass is 375 g/mol. The predicted octanol–water partition coefficient (Wildman–Crippen LogP) is 3.00. The maximum absolute atomic E-state index is 12.1. The van der Waals surface area contributed by atoms with E-state index in [0.717, 1.165) is 34.2 Å². The van der Waals surface area contributed by atoms with Gasteiger partial charge in [0.25, 0.3) is 5.91 Å². The van der Waals surface area contributed by atoms with Crippen LogP contribution in [0.1, 0.15) is 34.5 Å². The third-order valence-corrected chi connectivity index (χ3v) is 6.04. The molecule has 2 amide bonds. The van der Waals surface area contributed by atoms with Crippen molar-refractivity contribution < 1.29 is 9.59 Å². The number of carbonyl (C=O) groups is 2. The zero-order valence-corrected chi connectivity index (χ0v) is 15.7. The lowest BCUT2D eigenvalue weighted by molar-refractivity contribution is -0.122. The van der Waals surface area contributed by atoms with E-state index in [0.29, 0.717) is 18.7 Å². The quantitative estimate of drug-likeness (QED) is 0.550. The first-order chi connectivity index (χ1) is 12.1. The smallest absolute Gasteiger partial charge is 0.251 e. The summed E-state index contributed by atoms with van der Waals surface area (Å²) in [5.41, 5.74) is 2.84. The number of hydrogen-bond acceptors (Lipinski definition) is 5. The second kappa shape index (κ2) is 8.49. The largest absolute Gasteiger partial charge is 0.354 e. The van der Waals surface area contributed by atoms with E-state index < -0.39 is 0 Å². The van der Waals surface area contributed by atoms with Gasteiger partial charge in [-0.25, -0.2) is 4.98 Å². The number of thioether (sulfide) groups is 1. The van der Waals surface area contributed by atoms with E-state index in [4.69, 9.17) is 0 Å². The number of benzene rings is 1. The number of carbonyl (C=O) groups excluding carboxylic acids is 2. The molecule has 1 aromatic carbocycles. The lowest BCUT2D eigenvalue weighted by Gasteiger charge is -2.07. The van der Waals surface area contributed by atoms with E-state index in [9.17, 15) is 9.59 Å². The maximum Gasteiger partial charge on any atom is 0.251 e. The molecule has 0 bridgehead atoms. The van der Waals surface area contributed by atoms with Crippen molar-refractivity contribution in [1.29, 1.82) is 0 Å². The van der Waals surface area contributed by atoms with Gasteiger partial charge in [-0.05, 0) is 37.5 Å². The molecule has 0 saturated heterocycles. The Labute approximate surface area is 155 Å². The zero-order valence-electron chi connectivity index (χ0n) is 14.1. The number of aromatic nitrogens is 1. The van der Waals surface area contributed by atoms with Gasteiger partial charge < -0.3 is 10.6 Å². The highest BCUT2D eigenvalue weighted by molar-refractivity contribution is 8.00. The molecule has 0 radical (unpaired) electrons. The molecule has 132 valence electrons. The second-order valence-corrected chi connectivity index (χ2v) is 8.14. The molecule has 1 heterocycles. The summed E-state index contributed by atoms with van der Waals surface area (Å²) in [5, 5.41) is 7.70. The highest BCUT2D eigenvalue weighted by Crippen LogP contribution is 2.28. The normalized spacial score (nSPS) is 13.5. The van der Waals surface area contributed by atoms with Crippen LogP contribution in [0.15, 0.2) is 34.0 Å². The van der Waals surface area contributed by atoms with Gasteiger partial charge in [0.05, 0.1) is 0 Å². The molecule has 0 aliphatic heterocycles. The van der Waals surface area contributed by atoms with Gasteiger partial charge in [0, 0.05) is 41.4 Å². The fourth-order valence-corrected chi connectivity index (χ4v) is 4.05. The number of rotatable bonds is 8. The Hall–Kier alpha value is -1.86. The molecule has 0 unspecified atom stereocenters. The first-order valence-electron chi connectivity index (χ1n) is 8.31. The number of nitrogens with one attached hydrogen (secondary N) is 2. The van der Waals surface area contributed by atoms with Gasteiger partial charge >= 0.3 is 0 Å². The molecule has 1 aliphatic rings. The predicted molar refractivity (Wildman–Crippen MR) is 101 cm³/mol. The summed E-state index contributed by atoms with van der Waals surface area (Å²) < 4.78 is 1.06. The number of amides is 2. The van der Waals surface area contributed by atoms with Crippen molar-refractivity contribution in [1.82, 2.24) is 15.6 Å². The molecule has 0 spiro atoms. The second-order valence-electron chi connectivity index (χ2n) is 6.06. The Morgan fingerprint density at radius 3 is 2.56 bits per heavy atom. The van der Waals surface area contributed by atoms with E-state index in [1.54, 1.807) is 23.1 Å². The van der Waals surface area contributed by atoms with Crippen molar-refractivity contribution in [2.24, 2.45) is 5.92 Å². The summed E-state index contributed by atoms with van der Waals surface area (Å²) in [6, 6.07) is 7.61. The highest BCUT2D eigenvalue weighted by atomic mass is 32.2. The SMILES string of the molecule is Cc1csc(SCc2ccc(C(=O)NCCNC(=O)C3CC3)cc2)n1. The Morgan fingerprint density at radius 1 is 1.20 bits per heavy atom. The number of hydrogen-bond donors (Lipinski definition) is 2.